The highest BCUT2D eigenvalue weighted by molar-refractivity contribution is 7.79. The van der Waals surface area contributed by atoms with E-state index in [0.717, 1.165) is 0 Å². The highest BCUT2D eigenvalue weighted by Crippen LogP contribution is 2.57. The van der Waals surface area contributed by atoms with E-state index in [1.165, 1.54) is 116 Å². The molecule has 0 aromatic heterocycles. The summed E-state index contributed by atoms with van der Waals surface area (Å²) in [5, 5.41) is 0. The van der Waals surface area contributed by atoms with Gasteiger partial charge in [0.2, 0.25) is 10.4 Å². The van der Waals surface area contributed by atoms with Gasteiger partial charge in [0, 0.05) is 13.9 Å². The van der Waals surface area contributed by atoms with E-state index in [9.17, 15) is 0 Å². The maximum atomic E-state index is 8.63. The first-order chi connectivity index (χ1) is 14.7. The van der Waals surface area contributed by atoms with Crippen molar-refractivity contribution in [2.45, 2.75) is 136 Å². The molecule has 0 aliphatic rings. The first-order valence-corrected chi connectivity index (χ1v) is 17.4. The monoisotopic (exact) mass is 482 g/mol. The molecular weight excluding hydrogens is 427 g/mol. The van der Waals surface area contributed by atoms with E-state index in [0.29, 0.717) is 0 Å². The molecule has 0 atom stereocenters. The van der Waals surface area contributed by atoms with Crippen molar-refractivity contribution < 1.29 is 17.5 Å². The fourth-order valence-electron chi connectivity index (χ4n) is 4.16. The number of rotatable bonds is 21. The van der Waals surface area contributed by atoms with Gasteiger partial charge in [0.25, 0.3) is 0 Å². The molecule has 0 rings (SSSR count). The molecule has 0 heterocycles. The summed E-state index contributed by atoms with van der Waals surface area (Å²) in [6, 6.07) is 0. The molecule has 0 radical (unpaired) electrons. The lowest BCUT2D eigenvalue weighted by atomic mass is 10.1. The molecule has 190 valence electrons. The van der Waals surface area contributed by atoms with E-state index in [1.54, 1.807) is 18.5 Å². The zero-order valence-electron chi connectivity index (χ0n) is 21.4. The minimum atomic E-state index is -4.92. The molecule has 0 aromatic carbocycles. The van der Waals surface area contributed by atoms with Crippen LogP contribution in [-0.2, 0) is 10.4 Å². The first-order valence-electron chi connectivity index (χ1n) is 13.2. The van der Waals surface area contributed by atoms with Gasteiger partial charge in [-0.15, -0.1) is 0 Å². The standard InChI is InChI=1S/C25H54P.H2O4S/c1-5-8-11-14-17-20-23-26(4,24-21-18-15-12-9-6-2)25-22-19-16-13-10-7-3;1-5(2,3)4/h5-25H2,1-4H3;(H2,1,2,3,4)/q+1;/p-1. The lowest BCUT2D eigenvalue weighted by Crippen LogP contribution is -2.08. The Bertz CT molecular complexity index is 406. The van der Waals surface area contributed by atoms with Crippen molar-refractivity contribution in [2.75, 3.05) is 25.2 Å². The zero-order valence-corrected chi connectivity index (χ0v) is 23.1. The smallest absolute Gasteiger partial charge is 0.215 e. The molecule has 0 spiro atoms. The van der Waals surface area contributed by atoms with Crippen LogP contribution in [0.15, 0.2) is 0 Å². The van der Waals surface area contributed by atoms with Crippen molar-refractivity contribution in [1.29, 1.82) is 0 Å². The molecule has 0 unspecified atom stereocenters. The second kappa shape index (κ2) is 23.5. The van der Waals surface area contributed by atoms with E-state index in [-0.39, 0.29) is 0 Å². The molecule has 0 aliphatic carbocycles. The minimum Gasteiger partial charge on any atom is -0.726 e. The summed E-state index contributed by atoms with van der Waals surface area (Å²) in [6.07, 6.45) is 31.2. The van der Waals surface area contributed by atoms with Gasteiger partial charge in [0.1, 0.15) is 0 Å². The van der Waals surface area contributed by atoms with Crippen molar-refractivity contribution >= 4 is 17.7 Å². The summed E-state index contributed by atoms with van der Waals surface area (Å²) in [5.74, 6) is 0. The molecule has 0 aliphatic heterocycles. The second-order valence-corrected chi connectivity index (χ2v) is 15.0. The van der Waals surface area contributed by atoms with Gasteiger partial charge in [-0.25, -0.2) is 8.42 Å². The van der Waals surface area contributed by atoms with E-state index in [4.69, 9.17) is 17.5 Å². The largest absolute Gasteiger partial charge is 0.726 e. The third-order valence-electron chi connectivity index (χ3n) is 6.15. The fraction of sp³-hybridized carbons (Fsp3) is 1.00. The maximum absolute atomic E-state index is 8.63. The van der Waals surface area contributed by atoms with Crippen LogP contribution in [-0.4, -0.2) is 42.7 Å². The molecule has 0 saturated heterocycles. The maximum Gasteiger partial charge on any atom is 0.215 e. The SMILES string of the molecule is CCCCCCCC[P+](C)(CCCCCCCC)CCCCCCCC.O=S(=O)([O-])O. The minimum absolute atomic E-state index is 0.636. The summed E-state index contributed by atoms with van der Waals surface area (Å²) in [5.41, 5.74) is 0. The van der Waals surface area contributed by atoms with Crippen molar-refractivity contribution in [1.82, 2.24) is 0 Å². The van der Waals surface area contributed by atoms with E-state index in [1.807, 2.05) is 0 Å². The quantitative estimate of drug-likeness (QED) is 0.0767. The molecule has 4 nitrogen and oxygen atoms in total. The Morgan fingerprint density at radius 3 is 0.968 bits per heavy atom. The Morgan fingerprint density at radius 1 is 0.548 bits per heavy atom. The van der Waals surface area contributed by atoms with Crippen LogP contribution in [0, 0.1) is 0 Å². The lowest BCUT2D eigenvalue weighted by molar-refractivity contribution is 0.366. The summed E-state index contributed by atoms with van der Waals surface area (Å²) in [6.45, 7) is 9.70. The van der Waals surface area contributed by atoms with Crippen LogP contribution in [0.5, 0.6) is 0 Å². The lowest BCUT2D eigenvalue weighted by Gasteiger charge is -2.24. The molecule has 0 aromatic rings. The second-order valence-electron chi connectivity index (χ2n) is 9.52. The predicted molar refractivity (Wildman–Crippen MR) is 140 cm³/mol. The molecule has 0 fully saturated rings. The molecule has 1 N–H and O–H groups in total. The molecule has 0 amide bonds. The van der Waals surface area contributed by atoms with E-state index in [2.05, 4.69) is 27.4 Å². The Hall–Kier alpha value is 0.300. The number of unbranched alkanes of at least 4 members (excludes halogenated alkanes) is 15. The molecule has 0 bridgehead atoms. The molecule has 6 heteroatoms. The van der Waals surface area contributed by atoms with Crippen LogP contribution in [0.2, 0.25) is 0 Å². The van der Waals surface area contributed by atoms with Gasteiger partial charge in [-0.2, -0.15) is 0 Å². The van der Waals surface area contributed by atoms with E-state index < -0.39 is 17.7 Å². The highest BCUT2D eigenvalue weighted by atomic mass is 32.3. The number of hydrogen-bond donors (Lipinski definition) is 1. The van der Waals surface area contributed by atoms with E-state index >= 15 is 0 Å². The summed E-state index contributed by atoms with van der Waals surface area (Å²) in [4.78, 5) is 0. The Balaban J connectivity index is 0. The highest BCUT2D eigenvalue weighted by Gasteiger charge is 2.29. The van der Waals surface area contributed by atoms with Crippen molar-refractivity contribution in [3.63, 3.8) is 0 Å². The van der Waals surface area contributed by atoms with Crippen molar-refractivity contribution in [3.05, 3.63) is 0 Å². The van der Waals surface area contributed by atoms with Gasteiger partial charge in [-0.3, -0.25) is 4.55 Å². The van der Waals surface area contributed by atoms with Gasteiger partial charge in [0.15, 0.2) is 0 Å². The average Bonchev–Trinajstić information content (AvgIpc) is 2.69. The van der Waals surface area contributed by atoms with Crippen LogP contribution in [0.3, 0.4) is 0 Å². The summed E-state index contributed by atoms with van der Waals surface area (Å²) in [7, 11) is -5.55. The first kappa shape index (κ1) is 33.5. The zero-order chi connectivity index (χ0) is 23.8. The van der Waals surface area contributed by atoms with Gasteiger partial charge in [0.05, 0.1) is 18.5 Å². The predicted octanol–water partition coefficient (Wildman–Crippen LogP) is 8.72. The van der Waals surface area contributed by atoms with Crippen LogP contribution in [0.4, 0.5) is 0 Å². The average molecular weight is 483 g/mol. The van der Waals surface area contributed by atoms with Crippen LogP contribution in [0.1, 0.15) is 136 Å². The van der Waals surface area contributed by atoms with Gasteiger partial charge >= 0.3 is 0 Å². The van der Waals surface area contributed by atoms with Gasteiger partial charge < -0.3 is 4.55 Å². The van der Waals surface area contributed by atoms with Gasteiger partial charge in [-0.05, 0) is 38.5 Å². The Kier molecular flexibility index (Phi) is 25.3. The van der Waals surface area contributed by atoms with Crippen molar-refractivity contribution in [3.8, 4) is 0 Å². The Morgan fingerprint density at radius 2 is 0.742 bits per heavy atom. The normalized spacial score (nSPS) is 11.9. The summed E-state index contributed by atoms with van der Waals surface area (Å²) < 4.78 is 32.8. The molecule has 31 heavy (non-hydrogen) atoms. The third kappa shape index (κ3) is 32.6. The topological polar surface area (TPSA) is 77.4 Å². The number of hydrogen-bond acceptors (Lipinski definition) is 3. The third-order valence-corrected chi connectivity index (χ3v) is 10.3. The van der Waals surface area contributed by atoms with Crippen LogP contribution in [0.25, 0.3) is 0 Å². The molecular formula is C25H55O4PS. The Labute approximate surface area is 196 Å². The molecule has 0 saturated carbocycles. The fourth-order valence-corrected chi connectivity index (χ4v) is 7.79. The van der Waals surface area contributed by atoms with Crippen molar-refractivity contribution in [2.24, 2.45) is 0 Å². The van der Waals surface area contributed by atoms with Crippen LogP contribution < -0.4 is 0 Å². The summed E-state index contributed by atoms with van der Waals surface area (Å²) >= 11 is 0. The van der Waals surface area contributed by atoms with Crippen LogP contribution >= 0.6 is 7.26 Å². The van der Waals surface area contributed by atoms with Gasteiger partial charge in [-0.1, -0.05) is 97.8 Å².